The molecule has 1 unspecified atom stereocenters. The SMILES string of the molecule is CC(NC(=O)c1nn(C(C)(C)C)cc1Br)c1cccc(F)c1F. The maximum absolute atomic E-state index is 13.8. The molecular weight excluding hydrogens is 368 g/mol. The first-order valence-electron chi connectivity index (χ1n) is 7.11. The van der Waals surface area contributed by atoms with E-state index in [1.807, 2.05) is 20.8 Å². The third-order valence-electron chi connectivity index (χ3n) is 3.37. The summed E-state index contributed by atoms with van der Waals surface area (Å²) in [5.41, 5.74) is 0.00902. The predicted molar refractivity (Wildman–Crippen MR) is 87.2 cm³/mol. The summed E-state index contributed by atoms with van der Waals surface area (Å²) >= 11 is 3.30. The Balaban J connectivity index is 2.22. The van der Waals surface area contributed by atoms with Crippen LogP contribution in [-0.2, 0) is 5.54 Å². The van der Waals surface area contributed by atoms with E-state index >= 15 is 0 Å². The van der Waals surface area contributed by atoms with E-state index in [0.29, 0.717) is 4.47 Å². The highest BCUT2D eigenvalue weighted by atomic mass is 79.9. The van der Waals surface area contributed by atoms with Gasteiger partial charge < -0.3 is 5.32 Å². The van der Waals surface area contributed by atoms with Crippen LogP contribution in [0.3, 0.4) is 0 Å². The highest BCUT2D eigenvalue weighted by Crippen LogP contribution is 2.23. The van der Waals surface area contributed by atoms with Crippen molar-refractivity contribution < 1.29 is 13.6 Å². The Kier molecular flexibility index (Phi) is 4.89. The molecule has 0 saturated carbocycles. The van der Waals surface area contributed by atoms with Crippen LogP contribution in [-0.4, -0.2) is 15.7 Å². The first-order chi connectivity index (χ1) is 10.6. The minimum atomic E-state index is -0.959. The quantitative estimate of drug-likeness (QED) is 0.861. The average molecular weight is 386 g/mol. The Labute approximate surface area is 142 Å². The number of nitrogens with one attached hydrogen (secondary N) is 1. The van der Waals surface area contributed by atoms with Crippen LogP contribution in [0, 0.1) is 11.6 Å². The van der Waals surface area contributed by atoms with Crippen molar-refractivity contribution in [2.24, 2.45) is 0 Å². The summed E-state index contributed by atoms with van der Waals surface area (Å²) in [5.74, 6) is -2.36. The van der Waals surface area contributed by atoms with Crippen molar-refractivity contribution in [2.75, 3.05) is 0 Å². The highest BCUT2D eigenvalue weighted by molar-refractivity contribution is 9.10. The van der Waals surface area contributed by atoms with Crippen molar-refractivity contribution in [2.45, 2.75) is 39.3 Å². The second-order valence-electron chi connectivity index (χ2n) is 6.28. The lowest BCUT2D eigenvalue weighted by Crippen LogP contribution is -2.29. The molecule has 0 spiro atoms. The number of carbonyl (C=O) groups is 1. The smallest absolute Gasteiger partial charge is 0.273 e. The molecule has 1 aromatic heterocycles. The van der Waals surface area contributed by atoms with E-state index in [9.17, 15) is 13.6 Å². The molecule has 0 radical (unpaired) electrons. The van der Waals surface area contributed by atoms with Crippen LogP contribution >= 0.6 is 15.9 Å². The second-order valence-corrected chi connectivity index (χ2v) is 7.13. The van der Waals surface area contributed by atoms with E-state index in [-0.39, 0.29) is 16.8 Å². The third-order valence-corrected chi connectivity index (χ3v) is 3.95. The van der Waals surface area contributed by atoms with Gasteiger partial charge in [0.2, 0.25) is 0 Å². The minimum Gasteiger partial charge on any atom is -0.344 e. The van der Waals surface area contributed by atoms with Gasteiger partial charge >= 0.3 is 0 Å². The van der Waals surface area contributed by atoms with E-state index in [0.717, 1.165) is 6.07 Å². The van der Waals surface area contributed by atoms with Gasteiger partial charge in [-0.15, -0.1) is 0 Å². The van der Waals surface area contributed by atoms with E-state index < -0.39 is 23.6 Å². The summed E-state index contributed by atoms with van der Waals surface area (Å²) in [6.45, 7) is 7.46. The number of rotatable bonds is 3. The molecule has 2 rings (SSSR count). The fraction of sp³-hybridized carbons (Fsp3) is 0.375. The molecule has 1 amide bonds. The Bertz CT molecular complexity index is 737. The molecular formula is C16H18BrF2N3O. The van der Waals surface area contributed by atoms with Gasteiger partial charge in [-0.1, -0.05) is 12.1 Å². The molecule has 7 heteroatoms. The van der Waals surface area contributed by atoms with Crippen molar-refractivity contribution in [3.05, 3.63) is 51.8 Å². The lowest BCUT2D eigenvalue weighted by atomic mass is 10.1. The Morgan fingerprint density at radius 3 is 2.57 bits per heavy atom. The van der Waals surface area contributed by atoms with Gasteiger partial charge in [0.05, 0.1) is 16.1 Å². The molecule has 0 aliphatic rings. The fourth-order valence-corrected chi connectivity index (χ4v) is 2.50. The van der Waals surface area contributed by atoms with Gasteiger partial charge in [-0.05, 0) is 49.7 Å². The molecule has 1 heterocycles. The van der Waals surface area contributed by atoms with Gasteiger partial charge in [0.15, 0.2) is 17.3 Å². The first kappa shape index (κ1) is 17.6. The lowest BCUT2D eigenvalue weighted by Gasteiger charge is -2.19. The highest BCUT2D eigenvalue weighted by Gasteiger charge is 2.23. The Morgan fingerprint density at radius 1 is 1.35 bits per heavy atom. The van der Waals surface area contributed by atoms with Crippen molar-refractivity contribution in [1.29, 1.82) is 0 Å². The van der Waals surface area contributed by atoms with E-state index in [1.165, 1.54) is 12.1 Å². The lowest BCUT2D eigenvalue weighted by molar-refractivity contribution is 0.0931. The standard InChI is InChI=1S/C16H18BrF2N3O/c1-9(10-6-5-7-12(18)13(10)19)20-15(23)14-11(17)8-22(21-14)16(2,3)4/h5-9H,1-4H3,(H,20,23). The number of hydrogen-bond acceptors (Lipinski definition) is 2. The molecule has 0 fully saturated rings. The van der Waals surface area contributed by atoms with E-state index in [4.69, 9.17) is 0 Å². The number of amides is 1. The molecule has 1 atom stereocenters. The molecule has 0 aliphatic heterocycles. The van der Waals surface area contributed by atoms with Gasteiger partial charge in [0, 0.05) is 11.8 Å². The van der Waals surface area contributed by atoms with Crippen LogP contribution in [0.15, 0.2) is 28.9 Å². The summed E-state index contributed by atoms with van der Waals surface area (Å²) in [6.07, 6.45) is 1.71. The number of benzene rings is 1. The summed E-state index contributed by atoms with van der Waals surface area (Å²) in [7, 11) is 0. The maximum Gasteiger partial charge on any atom is 0.273 e. The van der Waals surface area contributed by atoms with Crippen molar-refractivity contribution in [3.63, 3.8) is 0 Å². The van der Waals surface area contributed by atoms with Crippen molar-refractivity contribution in [1.82, 2.24) is 15.1 Å². The Morgan fingerprint density at radius 2 is 2.00 bits per heavy atom. The molecule has 2 aromatic rings. The summed E-state index contributed by atoms with van der Waals surface area (Å²) in [5, 5.41) is 6.89. The van der Waals surface area contributed by atoms with Gasteiger partial charge in [-0.2, -0.15) is 5.10 Å². The van der Waals surface area contributed by atoms with Gasteiger partial charge in [-0.25, -0.2) is 8.78 Å². The number of halogens is 3. The van der Waals surface area contributed by atoms with Gasteiger partial charge in [0.25, 0.3) is 5.91 Å². The molecule has 1 aromatic carbocycles. The zero-order valence-corrected chi connectivity index (χ0v) is 14.9. The molecule has 23 heavy (non-hydrogen) atoms. The largest absolute Gasteiger partial charge is 0.344 e. The van der Waals surface area contributed by atoms with Crippen LogP contribution in [0.4, 0.5) is 8.78 Å². The van der Waals surface area contributed by atoms with Crippen LogP contribution in [0.1, 0.15) is 49.8 Å². The monoisotopic (exact) mass is 385 g/mol. The van der Waals surface area contributed by atoms with Crippen LogP contribution in [0.5, 0.6) is 0 Å². The fourth-order valence-electron chi connectivity index (χ4n) is 2.05. The topological polar surface area (TPSA) is 46.9 Å². The number of aromatic nitrogens is 2. The van der Waals surface area contributed by atoms with Crippen molar-refractivity contribution >= 4 is 21.8 Å². The molecule has 4 nitrogen and oxygen atoms in total. The third kappa shape index (κ3) is 3.77. The van der Waals surface area contributed by atoms with Crippen molar-refractivity contribution in [3.8, 4) is 0 Å². The minimum absolute atomic E-state index is 0.0877. The molecule has 1 N–H and O–H groups in total. The molecule has 124 valence electrons. The maximum atomic E-state index is 13.8. The predicted octanol–water partition coefficient (Wildman–Crippen LogP) is 4.17. The Hall–Kier alpha value is -1.76. The van der Waals surface area contributed by atoms with Gasteiger partial charge in [0.1, 0.15) is 0 Å². The molecule has 0 saturated heterocycles. The van der Waals surface area contributed by atoms with Gasteiger partial charge in [-0.3, -0.25) is 9.48 Å². The zero-order valence-electron chi connectivity index (χ0n) is 13.3. The number of carbonyl (C=O) groups excluding carboxylic acids is 1. The van der Waals surface area contributed by atoms with Crippen LogP contribution in [0.2, 0.25) is 0 Å². The summed E-state index contributed by atoms with van der Waals surface area (Å²) in [4.78, 5) is 12.4. The normalized spacial score (nSPS) is 13.0. The number of hydrogen-bond donors (Lipinski definition) is 1. The van der Waals surface area contributed by atoms with Crippen LogP contribution in [0.25, 0.3) is 0 Å². The zero-order chi connectivity index (χ0) is 17.4. The number of nitrogens with zero attached hydrogens (tertiary/aromatic N) is 2. The summed E-state index contributed by atoms with van der Waals surface area (Å²) < 4.78 is 29.3. The van der Waals surface area contributed by atoms with E-state index in [2.05, 4.69) is 26.3 Å². The summed E-state index contributed by atoms with van der Waals surface area (Å²) in [6, 6.07) is 3.19. The first-order valence-corrected chi connectivity index (χ1v) is 7.91. The molecule has 0 aliphatic carbocycles. The average Bonchev–Trinajstić information content (AvgIpc) is 2.84. The second kappa shape index (κ2) is 6.39. The molecule has 0 bridgehead atoms. The van der Waals surface area contributed by atoms with Crippen LogP contribution < -0.4 is 5.32 Å². The van der Waals surface area contributed by atoms with E-state index in [1.54, 1.807) is 17.8 Å².